The molecule has 2 atom stereocenters. The summed E-state index contributed by atoms with van der Waals surface area (Å²) in [4.78, 5) is 5.38. The van der Waals surface area contributed by atoms with Gasteiger partial charge in [-0.15, -0.1) is 0 Å². The van der Waals surface area contributed by atoms with Crippen LogP contribution in [0.5, 0.6) is 0 Å². The third-order valence-corrected chi connectivity index (χ3v) is 6.70. The number of nitrogens with zero attached hydrogens (tertiary/aromatic N) is 2. The van der Waals surface area contributed by atoms with Crippen LogP contribution in [0.25, 0.3) is 5.70 Å². The van der Waals surface area contributed by atoms with Crippen LogP contribution in [0.3, 0.4) is 0 Å². The maximum Gasteiger partial charge on any atom is 0.0446 e. The van der Waals surface area contributed by atoms with Crippen molar-refractivity contribution in [1.82, 2.24) is 9.80 Å². The van der Waals surface area contributed by atoms with Crippen molar-refractivity contribution in [3.8, 4) is 0 Å². The van der Waals surface area contributed by atoms with Crippen molar-refractivity contribution in [1.29, 1.82) is 0 Å². The standard InChI is InChI=1S/C20H26N2/c1-14-18-7-3-5-16-4-2-6-17(20(16)18)12-22(14)19-13-21-10-8-15(19)9-11-21/h3,5,7,15,17,19H,1-2,4,6,8-13H2/t17-,19-/m1/s1. The molecule has 116 valence electrons. The summed E-state index contributed by atoms with van der Waals surface area (Å²) in [5.74, 6) is 1.65. The first-order valence-electron chi connectivity index (χ1n) is 9.11. The van der Waals surface area contributed by atoms with E-state index in [0.717, 1.165) is 11.8 Å². The van der Waals surface area contributed by atoms with Crippen molar-refractivity contribution in [3.63, 3.8) is 0 Å². The van der Waals surface area contributed by atoms with Gasteiger partial charge in [-0.2, -0.15) is 0 Å². The van der Waals surface area contributed by atoms with E-state index in [9.17, 15) is 0 Å². The summed E-state index contributed by atoms with van der Waals surface area (Å²) in [6.07, 6.45) is 6.79. The zero-order valence-corrected chi connectivity index (χ0v) is 13.4. The van der Waals surface area contributed by atoms with Gasteiger partial charge in [-0.25, -0.2) is 0 Å². The molecule has 2 bridgehead atoms. The quantitative estimate of drug-likeness (QED) is 0.782. The Bertz CT molecular complexity index is 612. The smallest absolute Gasteiger partial charge is 0.0446 e. The van der Waals surface area contributed by atoms with Gasteiger partial charge in [0.2, 0.25) is 0 Å². The van der Waals surface area contributed by atoms with Gasteiger partial charge in [0.15, 0.2) is 0 Å². The Balaban J connectivity index is 1.53. The zero-order valence-electron chi connectivity index (χ0n) is 13.4. The lowest BCUT2D eigenvalue weighted by molar-refractivity contribution is 0.0261. The maximum absolute atomic E-state index is 4.54. The van der Waals surface area contributed by atoms with Gasteiger partial charge in [0.1, 0.15) is 0 Å². The lowest BCUT2D eigenvalue weighted by Gasteiger charge is -2.53. The second-order valence-corrected chi connectivity index (χ2v) is 7.77. The maximum atomic E-state index is 4.54. The largest absolute Gasteiger partial charge is 0.366 e. The van der Waals surface area contributed by atoms with Crippen LogP contribution in [-0.2, 0) is 6.42 Å². The highest BCUT2D eigenvalue weighted by Gasteiger charge is 2.41. The van der Waals surface area contributed by atoms with E-state index in [-0.39, 0.29) is 0 Å². The fourth-order valence-corrected chi connectivity index (χ4v) is 5.56. The van der Waals surface area contributed by atoms with Crippen LogP contribution in [0.4, 0.5) is 0 Å². The zero-order chi connectivity index (χ0) is 14.7. The van der Waals surface area contributed by atoms with Gasteiger partial charge in [-0.05, 0) is 62.2 Å². The summed E-state index contributed by atoms with van der Waals surface area (Å²) in [6.45, 7) is 9.68. The van der Waals surface area contributed by atoms with Gasteiger partial charge < -0.3 is 9.80 Å². The molecule has 0 aromatic heterocycles. The summed E-state index contributed by atoms with van der Waals surface area (Å²) in [6, 6.07) is 7.64. The Morgan fingerprint density at radius 3 is 2.68 bits per heavy atom. The number of hydrogen-bond donors (Lipinski definition) is 0. The van der Waals surface area contributed by atoms with E-state index in [1.807, 2.05) is 0 Å². The molecular weight excluding hydrogens is 268 g/mol. The minimum atomic E-state index is 0.716. The van der Waals surface area contributed by atoms with Crippen LogP contribution in [0, 0.1) is 5.92 Å². The van der Waals surface area contributed by atoms with Crippen molar-refractivity contribution in [2.75, 3.05) is 26.2 Å². The van der Waals surface area contributed by atoms with Crippen LogP contribution >= 0.6 is 0 Å². The van der Waals surface area contributed by atoms with Gasteiger partial charge in [-0.3, -0.25) is 0 Å². The lowest BCUT2D eigenvalue weighted by Crippen LogP contribution is -2.58. The molecule has 3 fully saturated rings. The molecule has 1 aromatic rings. The first-order valence-corrected chi connectivity index (χ1v) is 9.11. The molecule has 1 aromatic carbocycles. The summed E-state index contributed by atoms with van der Waals surface area (Å²) >= 11 is 0. The third kappa shape index (κ3) is 1.83. The van der Waals surface area contributed by atoms with E-state index < -0.39 is 0 Å². The molecule has 0 radical (unpaired) electrons. The van der Waals surface area contributed by atoms with Crippen LogP contribution in [0.1, 0.15) is 48.3 Å². The topological polar surface area (TPSA) is 6.48 Å². The van der Waals surface area contributed by atoms with Crippen LogP contribution in [0.15, 0.2) is 24.8 Å². The van der Waals surface area contributed by atoms with Crippen molar-refractivity contribution >= 4 is 5.70 Å². The SMILES string of the molecule is C=C1c2cccc3c2[C@H](CCC3)CN1[C@@H]1CN2CCC1CC2. The van der Waals surface area contributed by atoms with E-state index in [4.69, 9.17) is 0 Å². The number of piperidine rings is 3. The molecule has 0 unspecified atom stereocenters. The van der Waals surface area contributed by atoms with Gasteiger partial charge in [0.05, 0.1) is 0 Å². The number of benzene rings is 1. The molecule has 4 heterocycles. The van der Waals surface area contributed by atoms with E-state index >= 15 is 0 Å². The first-order chi connectivity index (χ1) is 10.8. The monoisotopic (exact) mass is 294 g/mol. The Hall–Kier alpha value is -1.28. The van der Waals surface area contributed by atoms with Gasteiger partial charge in [-0.1, -0.05) is 24.8 Å². The van der Waals surface area contributed by atoms with Gasteiger partial charge in [0, 0.05) is 36.3 Å². The second kappa shape index (κ2) is 4.86. The van der Waals surface area contributed by atoms with E-state index in [1.54, 1.807) is 11.1 Å². The van der Waals surface area contributed by atoms with Gasteiger partial charge >= 0.3 is 0 Å². The predicted octanol–water partition coefficient (Wildman–Crippen LogP) is 3.49. The third-order valence-electron chi connectivity index (χ3n) is 6.70. The molecule has 0 saturated carbocycles. The molecule has 6 rings (SSSR count). The summed E-state index contributed by atoms with van der Waals surface area (Å²) in [5.41, 5.74) is 6.03. The van der Waals surface area contributed by atoms with Crippen molar-refractivity contribution in [3.05, 3.63) is 41.5 Å². The summed E-state index contributed by atoms with van der Waals surface area (Å²) in [5, 5.41) is 0. The van der Waals surface area contributed by atoms with Crippen molar-refractivity contribution in [2.24, 2.45) is 5.92 Å². The minimum absolute atomic E-state index is 0.716. The molecule has 1 aliphatic carbocycles. The highest BCUT2D eigenvalue weighted by molar-refractivity contribution is 5.70. The molecule has 4 aliphatic heterocycles. The molecule has 0 N–H and O–H groups in total. The van der Waals surface area contributed by atoms with Crippen molar-refractivity contribution in [2.45, 2.75) is 44.1 Å². The molecule has 22 heavy (non-hydrogen) atoms. The molecule has 3 saturated heterocycles. The summed E-state index contributed by atoms with van der Waals surface area (Å²) in [7, 11) is 0. The lowest BCUT2D eigenvalue weighted by atomic mass is 9.75. The fraction of sp³-hybridized carbons (Fsp3) is 0.600. The molecule has 0 amide bonds. The average Bonchev–Trinajstić information content (AvgIpc) is 2.59. The average molecular weight is 294 g/mol. The van der Waals surface area contributed by atoms with Crippen LogP contribution in [-0.4, -0.2) is 42.0 Å². The fourth-order valence-electron chi connectivity index (χ4n) is 5.56. The molecule has 0 spiro atoms. The Morgan fingerprint density at radius 1 is 1.05 bits per heavy atom. The number of rotatable bonds is 1. The van der Waals surface area contributed by atoms with Crippen LogP contribution in [0.2, 0.25) is 0 Å². The minimum Gasteiger partial charge on any atom is -0.366 e. The number of fused-ring (bicyclic) bond motifs is 3. The first kappa shape index (κ1) is 13.2. The second-order valence-electron chi connectivity index (χ2n) is 7.77. The van der Waals surface area contributed by atoms with E-state index in [2.05, 4.69) is 34.6 Å². The number of hydrogen-bond acceptors (Lipinski definition) is 2. The van der Waals surface area contributed by atoms with Crippen LogP contribution < -0.4 is 0 Å². The van der Waals surface area contributed by atoms with E-state index in [0.29, 0.717) is 6.04 Å². The summed E-state index contributed by atoms with van der Waals surface area (Å²) < 4.78 is 0. The molecule has 2 heteroatoms. The molecular formula is C20H26N2. The Labute approximate surface area is 133 Å². The van der Waals surface area contributed by atoms with Crippen molar-refractivity contribution < 1.29 is 0 Å². The van der Waals surface area contributed by atoms with E-state index in [1.165, 1.54) is 69.5 Å². The Kier molecular flexibility index (Phi) is 2.91. The van der Waals surface area contributed by atoms with Gasteiger partial charge in [0.25, 0.3) is 0 Å². The molecule has 2 nitrogen and oxygen atoms in total. The molecule has 5 aliphatic rings. The Morgan fingerprint density at radius 2 is 1.91 bits per heavy atom. The number of aryl methyl sites for hydroxylation is 1. The highest BCUT2D eigenvalue weighted by Crippen LogP contribution is 2.45. The predicted molar refractivity (Wildman–Crippen MR) is 90.8 cm³/mol. The normalized spacial score (nSPS) is 36.4. The highest BCUT2D eigenvalue weighted by atomic mass is 15.3.